The zero-order chi connectivity index (χ0) is 13.9. The maximum Gasteiger partial charge on any atom is 0.390 e. The Morgan fingerprint density at radius 1 is 1.32 bits per heavy atom. The van der Waals surface area contributed by atoms with E-state index >= 15 is 0 Å². The lowest BCUT2D eigenvalue weighted by atomic mass is 9.98. The van der Waals surface area contributed by atoms with Crippen molar-refractivity contribution >= 4 is 0 Å². The molecule has 1 aromatic rings. The van der Waals surface area contributed by atoms with Crippen LogP contribution in [0.2, 0.25) is 0 Å². The minimum absolute atomic E-state index is 0.477. The topological polar surface area (TPSA) is 24.1 Å². The summed E-state index contributed by atoms with van der Waals surface area (Å²) in [7, 11) is 0. The predicted octanol–water partition coefficient (Wildman–Crippen LogP) is 2.76. The van der Waals surface area contributed by atoms with Crippen molar-refractivity contribution in [2.45, 2.75) is 45.1 Å². The third-order valence-corrected chi connectivity index (χ3v) is 3.35. The Kier molecular flexibility index (Phi) is 4.47. The predicted molar refractivity (Wildman–Crippen MR) is 68.8 cm³/mol. The molecule has 19 heavy (non-hydrogen) atoms. The van der Waals surface area contributed by atoms with Gasteiger partial charge in [-0.05, 0) is 36.6 Å². The molecule has 1 heterocycles. The van der Waals surface area contributed by atoms with Gasteiger partial charge >= 0.3 is 6.18 Å². The second-order valence-corrected chi connectivity index (χ2v) is 5.13. The molecular formula is C14H19F3N2. The van der Waals surface area contributed by atoms with Crippen molar-refractivity contribution in [2.24, 2.45) is 0 Å². The summed E-state index contributed by atoms with van der Waals surface area (Å²) in [6.45, 7) is 3.88. The van der Waals surface area contributed by atoms with Gasteiger partial charge in [0.2, 0.25) is 0 Å². The summed E-state index contributed by atoms with van der Waals surface area (Å²) in [5, 5.41) is 6.22. The van der Waals surface area contributed by atoms with E-state index in [0.717, 1.165) is 25.1 Å². The molecule has 0 spiro atoms. The van der Waals surface area contributed by atoms with Crippen LogP contribution in [-0.2, 0) is 19.5 Å². The molecular weight excluding hydrogens is 253 g/mol. The van der Waals surface area contributed by atoms with Crippen molar-refractivity contribution in [3.8, 4) is 0 Å². The van der Waals surface area contributed by atoms with Crippen LogP contribution in [0.15, 0.2) is 18.2 Å². The Morgan fingerprint density at radius 3 is 2.84 bits per heavy atom. The zero-order valence-corrected chi connectivity index (χ0v) is 11.0. The van der Waals surface area contributed by atoms with Crippen molar-refractivity contribution in [3.63, 3.8) is 0 Å². The van der Waals surface area contributed by atoms with Crippen LogP contribution in [0.4, 0.5) is 13.2 Å². The van der Waals surface area contributed by atoms with E-state index in [9.17, 15) is 13.2 Å². The molecule has 0 bridgehead atoms. The first-order chi connectivity index (χ1) is 8.94. The molecule has 0 saturated carbocycles. The number of halogens is 3. The second-order valence-electron chi connectivity index (χ2n) is 5.13. The van der Waals surface area contributed by atoms with Crippen molar-refractivity contribution < 1.29 is 13.2 Å². The fourth-order valence-electron chi connectivity index (χ4n) is 2.36. The van der Waals surface area contributed by atoms with Crippen LogP contribution in [0, 0.1) is 0 Å². The van der Waals surface area contributed by atoms with Crippen molar-refractivity contribution in [3.05, 3.63) is 34.9 Å². The van der Waals surface area contributed by atoms with E-state index in [0.29, 0.717) is 6.54 Å². The fourth-order valence-corrected chi connectivity index (χ4v) is 2.36. The Hall–Kier alpha value is -1.07. The number of benzene rings is 1. The molecule has 0 aliphatic carbocycles. The van der Waals surface area contributed by atoms with Crippen molar-refractivity contribution in [1.29, 1.82) is 0 Å². The summed E-state index contributed by atoms with van der Waals surface area (Å²) in [6.07, 6.45) is -3.88. The van der Waals surface area contributed by atoms with Gasteiger partial charge in [-0.3, -0.25) is 0 Å². The molecule has 0 aromatic heterocycles. The van der Waals surface area contributed by atoms with E-state index in [1.165, 1.54) is 11.1 Å². The van der Waals surface area contributed by atoms with Crippen LogP contribution in [0.1, 0.15) is 30.0 Å². The highest BCUT2D eigenvalue weighted by Gasteiger charge is 2.29. The van der Waals surface area contributed by atoms with E-state index < -0.39 is 18.6 Å². The number of hydrogen-bond donors (Lipinski definition) is 2. The van der Waals surface area contributed by atoms with E-state index in [1.807, 2.05) is 6.07 Å². The Bertz CT molecular complexity index is 429. The lowest BCUT2D eigenvalue weighted by Crippen LogP contribution is -2.31. The lowest BCUT2D eigenvalue weighted by Gasteiger charge is -2.19. The molecule has 106 valence electrons. The van der Waals surface area contributed by atoms with Gasteiger partial charge in [0, 0.05) is 19.1 Å². The van der Waals surface area contributed by atoms with Gasteiger partial charge in [0.05, 0.1) is 6.42 Å². The molecule has 1 unspecified atom stereocenters. The lowest BCUT2D eigenvalue weighted by molar-refractivity contribution is -0.139. The summed E-state index contributed by atoms with van der Waals surface area (Å²) in [6, 6.07) is 5.60. The number of alkyl halides is 3. The third-order valence-electron chi connectivity index (χ3n) is 3.35. The Balaban J connectivity index is 1.89. The van der Waals surface area contributed by atoms with Crippen LogP contribution < -0.4 is 10.6 Å². The molecule has 1 aliphatic heterocycles. The number of nitrogens with one attached hydrogen (secondary N) is 2. The van der Waals surface area contributed by atoms with Gasteiger partial charge in [-0.15, -0.1) is 0 Å². The van der Waals surface area contributed by atoms with E-state index in [4.69, 9.17) is 0 Å². The van der Waals surface area contributed by atoms with E-state index in [-0.39, 0.29) is 0 Å². The highest BCUT2D eigenvalue weighted by Crippen LogP contribution is 2.21. The quantitative estimate of drug-likeness (QED) is 0.880. The minimum Gasteiger partial charge on any atom is -0.312 e. The van der Waals surface area contributed by atoms with Crippen LogP contribution in [-0.4, -0.2) is 18.8 Å². The third kappa shape index (κ3) is 4.51. The molecule has 1 aromatic carbocycles. The highest BCUT2D eigenvalue weighted by molar-refractivity contribution is 5.33. The number of hydrogen-bond acceptors (Lipinski definition) is 2. The molecule has 2 nitrogen and oxygen atoms in total. The van der Waals surface area contributed by atoms with Gasteiger partial charge in [0.1, 0.15) is 0 Å². The molecule has 0 amide bonds. The van der Waals surface area contributed by atoms with Crippen LogP contribution in [0.5, 0.6) is 0 Å². The Labute approximate surface area is 111 Å². The van der Waals surface area contributed by atoms with E-state index in [2.05, 4.69) is 22.8 Å². The van der Waals surface area contributed by atoms with Crippen molar-refractivity contribution in [1.82, 2.24) is 10.6 Å². The van der Waals surface area contributed by atoms with Gasteiger partial charge in [-0.25, -0.2) is 0 Å². The molecule has 0 fully saturated rings. The zero-order valence-electron chi connectivity index (χ0n) is 11.0. The van der Waals surface area contributed by atoms with Crippen LogP contribution in [0.25, 0.3) is 0 Å². The molecule has 0 saturated heterocycles. The van der Waals surface area contributed by atoms with Gasteiger partial charge in [0.25, 0.3) is 0 Å². The van der Waals surface area contributed by atoms with E-state index in [1.54, 1.807) is 6.92 Å². The SMILES string of the molecule is CC(CC(F)(F)F)NCc1ccc2c(c1)CNCC2. The highest BCUT2D eigenvalue weighted by atomic mass is 19.4. The molecule has 1 atom stereocenters. The first-order valence-electron chi connectivity index (χ1n) is 6.55. The normalized spacial score (nSPS) is 17.1. The smallest absolute Gasteiger partial charge is 0.312 e. The van der Waals surface area contributed by atoms with Crippen LogP contribution >= 0.6 is 0 Å². The first-order valence-corrected chi connectivity index (χ1v) is 6.55. The molecule has 5 heteroatoms. The minimum atomic E-state index is -4.10. The summed E-state index contributed by atoms with van der Waals surface area (Å²) in [5.41, 5.74) is 3.64. The average Bonchev–Trinajstić information content (AvgIpc) is 2.34. The standard InChI is InChI=1S/C14H19F3N2/c1-10(7-14(15,16)17)19-8-11-2-3-12-4-5-18-9-13(12)6-11/h2-3,6,10,18-19H,4-5,7-9H2,1H3. The van der Waals surface area contributed by atoms with Gasteiger partial charge < -0.3 is 10.6 Å². The molecule has 1 aliphatic rings. The summed E-state index contributed by atoms with van der Waals surface area (Å²) in [4.78, 5) is 0. The van der Waals surface area contributed by atoms with Crippen LogP contribution in [0.3, 0.4) is 0 Å². The summed E-state index contributed by atoms with van der Waals surface area (Å²) < 4.78 is 36.6. The fraction of sp³-hybridized carbons (Fsp3) is 0.571. The first kappa shape index (κ1) is 14.3. The maximum atomic E-state index is 12.2. The molecule has 0 radical (unpaired) electrons. The number of fused-ring (bicyclic) bond motifs is 1. The average molecular weight is 272 g/mol. The number of rotatable bonds is 4. The largest absolute Gasteiger partial charge is 0.390 e. The Morgan fingerprint density at radius 2 is 2.11 bits per heavy atom. The monoisotopic (exact) mass is 272 g/mol. The van der Waals surface area contributed by atoms with Gasteiger partial charge in [-0.2, -0.15) is 13.2 Å². The maximum absolute atomic E-state index is 12.2. The molecule has 2 rings (SSSR count). The summed E-state index contributed by atoms with van der Waals surface area (Å²) in [5.74, 6) is 0. The van der Waals surface area contributed by atoms with Crippen molar-refractivity contribution in [2.75, 3.05) is 6.54 Å². The molecule has 2 N–H and O–H groups in total. The van der Waals surface area contributed by atoms with Gasteiger partial charge in [0.15, 0.2) is 0 Å². The van der Waals surface area contributed by atoms with Gasteiger partial charge in [-0.1, -0.05) is 18.2 Å². The second kappa shape index (κ2) is 5.92. The summed E-state index contributed by atoms with van der Waals surface area (Å²) >= 11 is 0.